The highest BCUT2D eigenvalue weighted by Gasteiger charge is 2.01. The first-order valence-corrected chi connectivity index (χ1v) is 5.04. The lowest BCUT2D eigenvalue weighted by Crippen LogP contribution is -1.79. The minimum atomic E-state index is 0.330. The summed E-state index contributed by atoms with van der Waals surface area (Å²) >= 11 is 1.68. The third-order valence-electron chi connectivity index (χ3n) is 2.04. The van der Waals surface area contributed by atoms with Gasteiger partial charge in [-0.3, -0.25) is 0 Å². The van der Waals surface area contributed by atoms with Gasteiger partial charge in [-0.15, -0.1) is 0 Å². The number of phenolic OH excluding ortho intramolecular Hbond substituents is 1. The van der Waals surface area contributed by atoms with E-state index in [4.69, 9.17) is 0 Å². The van der Waals surface area contributed by atoms with E-state index >= 15 is 0 Å². The van der Waals surface area contributed by atoms with Crippen LogP contribution in [-0.4, -0.2) is 5.11 Å². The molecule has 0 saturated carbocycles. The molecule has 0 aliphatic heterocycles. The quantitative estimate of drug-likeness (QED) is 0.730. The van der Waals surface area contributed by atoms with E-state index in [1.165, 1.54) is 11.1 Å². The van der Waals surface area contributed by atoms with Crippen molar-refractivity contribution in [3.8, 4) is 16.9 Å². The van der Waals surface area contributed by atoms with Gasteiger partial charge in [-0.25, -0.2) is 0 Å². The van der Waals surface area contributed by atoms with E-state index in [1.54, 1.807) is 23.5 Å². The van der Waals surface area contributed by atoms with Crippen LogP contribution in [0.15, 0.2) is 35.0 Å². The highest BCUT2D eigenvalue weighted by molar-refractivity contribution is 7.08. The molecule has 0 amide bonds. The summed E-state index contributed by atoms with van der Waals surface area (Å²) in [7, 11) is 0. The third kappa shape index (κ3) is 1.58. The summed E-state index contributed by atoms with van der Waals surface area (Å²) in [5.41, 5.74) is 3.53. The van der Waals surface area contributed by atoms with Crippen LogP contribution < -0.4 is 0 Å². The summed E-state index contributed by atoms with van der Waals surface area (Å²) < 4.78 is 0. The Balaban J connectivity index is 2.53. The van der Waals surface area contributed by atoms with Crippen molar-refractivity contribution in [2.24, 2.45) is 0 Å². The number of aromatic hydroxyl groups is 1. The maximum absolute atomic E-state index is 9.24. The molecule has 0 radical (unpaired) electrons. The van der Waals surface area contributed by atoms with E-state index in [-0.39, 0.29) is 0 Å². The fraction of sp³-hybridized carbons (Fsp3) is 0.0909. The molecule has 1 heterocycles. The SMILES string of the molecule is Cc1cc(O)ccc1-c1ccsc1. The number of rotatable bonds is 1. The maximum Gasteiger partial charge on any atom is 0.115 e. The Morgan fingerprint density at radius 1 is 1.23 bits per heavy atom. The first-order valence-electron chi connectivity index (χ1n) is 4.09. The van der Waals surface area contributed by atoms with Crippen LogP contribution in [0.2, 0.25) is 0 Å². The van der Waals surface area contributed by atoms with Crippen molar-refractivity contribution in [2.45, 2.75) is 6.92 Å². The molecule has 0 atom stereocenters. The predicted octanol–water partition coefficient (Wildman–Crippen LogP) is 3.43. The average molecular weight is 190 g/mol. The van der Waals surface area contributed by atoms with Gasteiger partial charge in [0.25, 0.3) is 0 Å². The molecule has 0 bridgehead atoms. The normalized spacial score (nSPS) is 10.2. The van der Waals surface area contributed by atoms with E-state index in [9.17, 15) is 5.11 Å². The highest BCUT2D eigenvalue weighted by atomic mass is 32.1. The highest BCUT2D eigenvalue weighted by Crippen LogP contribution is 2.27. The smallest absolute Gasteiger partial charge is 0.115 e. The van der Waals surface area contributed by atoms with Gasteiger partial charge in [-0.05, 0) is 52.6 Å². The molecular weight excluding hydrogens is 180 g/mol. The van der Waals surface area contributed by atoms with Gasteiger partial charge < -0.3 is 5.11 Å². The Labute approximate surface area is 81.3 Å². The van der Waals surface area contributed by atoms with Crippen molar-refractivity contribution in [3.63, 3.8) is 0 Å². The van der Waals surface area contributed by atoms with Crippen molar-refractivity contribution in [1.82, 2.24) is 0 Å². The summed E-state index contributed by atoms with van der Waals surface area (Å²) in [5.74, 6) is 0.330. The molecule has 2 aromatic rings. The maximum atomic E-state index is 9.24. The topological polar surface area (TPSA) is 20.2 Å². The summed E-state index contributed by atoms with van der Waals surface area (Å²) in [6.07, 6.45) is 0. The lowest BCUT2D eigenvalue weighted by atomic mass is 10.0. The zero-order valence-electron chi connectivity index (χ0n) is 7.32. The summed E-state index contributed by atoms with van der Waals surface area (Å²) in [4.78, 5) is 0. The Bertz CT molecular complexity index is 404. The van der Waals surface area contributed by atoms with E-state index in [2.05, 4.69) is 16.8 Å². The van der Waals surface area contributed by atoms with Crippen LogP contribution in [0.3, 0.4) is 0 Å². The molecule has 2 rings (SSSR count). The van der Waals surface area contributed by atoms with E-state index in [1.807, 2.05) is 13.0 Å². The molecule has 0 aliphatic carbocycles. The standard InChI is InChI=1S/C11H10OS/c1-8-6-10(12)2-3-11(8)9-4-5-13-7-9/h2-7,12H,1H3. The van der Waals surface area contributed by atoms with Crippen LogP contribution in [0.25, 0.3) is 11.1 Å². The largest absolute Gasteiger partial charge is 0.508 e. The Hall–Kier alpha value is -1.28. The zero-order valence-corrected chi connectivity index (χ0v) is 8.14. The second-order valence-electron chi connectivity index (χ2n) is 3.01. The molecular formula is C11H10OS. The van der Waals surface area contributed by atoms with Crippen LogP contribution in [0, 0.1) is 6.92 Å². The van der Waals surface area contributed by atoms with Crippen molar-refractivity contribution in [2.75, 3.05) is 0 Å². The molecule has 1 aromatic heterocycles. The molecule has 1 aromatic carbocycles. The Morgan fingerprint density at radius 2 is 2.08 bits per heavy atom. The van der Waals surface area contributed by atoms with Gasteiger partial charge in [0.2, 0.25) is 0 Å². The third-order valence-corrected chi connectivity index (χ3v) is 2.73. The first-order chi connectivity index (χ1) is 6.27. The van der Waals surface area contributed by atoms with Crippen molar-refractivity contribution in [3.05, 3.63) is 40.6 Å². The monoisotopic (exact) mass is 190 g/mol. The van der Waals surface area contributed by atoms with Gasteiger partial charge >= 0.3 is 0 Å². The molecule has 0 saturated heterocycles. The second kappa shape index (κ2) is 3.23. The predicted molar refractivity (Wildman–Crippen MR) is 56.2 cm³/mol. The number of thiophene rings is 1. The molecule has 13 heavy (non-hydrogen) atoms. The second-order valence-corrected chi connectivity index (χ2v) is 3.79. The molecule has 1 nitrogen and oxygen atoms in total. The fourth-order valence-corrected chi connectivity index (χ4v) is 2.05. The van der Waals surface area contributed by atoms with E-state index < -0.39 is 0 Å². The lowest BCUT2D eigenvalue weighted by Gasteiger charge is -2.03. The van der Waals surface area contributed by atoms with E-state index in [0.29, 0.717) is 5.75 Å². The van der Waals surface area contributed by atoms with Crippen LogP contribution in [0.1, 0.15) is 5.56 Å². The van der Waals surface area contributed by atoms with Crippen molar-refractivity contribution >= 4 is 11.3 Å². The van der Waals surface area contributed by atoms with Gasteiger partial charge in [-0.2, -0.15) is 11.3 Å². The average Bonchev–Trinajstić information content (AvgIpc) is 2.56. The van der Waals surface area contributed by atoms with Gasteiger partial charge in [0.1, 0.15) is 5.75 Å². The summed E-state index contributed by atoms with van der Waals surface area (Å²) in [6.45, 7) is 2.01. The molecule has 0 aliphatic rings. The van der Waals surface area contributed by atoms with Crippen LogP contribution in [0.5, 0.6) is 5.75 Å². The molecule has 66 valence electrons. The number of hydrogen-bond acceptors (Lipinski definition) is 2. The molecule has 2 heteroatoms. The van der Waals surface area contributed by atoms with Crippen LogP contribution in [0.4, 0.5) is 0 Å². The minimum absolute atomic E-state index is 0.330. The fourth-order valence-electron chi connectivity index (χ4n) is 1.39. The number of benzene rings is 1. The summed E-state index contributed by atoms with van der Waals surface area (Å²) in [6, 6.07) is 7.55. The first kappa shape index (κ1) is 8.32. The van der Waals surface area contributed by atoms with Crippen molar-refractivity contribution < 1.29 is 5.11 Å². The Morgan fingerprint density at radius 3 is 2.69 bits per heavy atom. The molecule has 0 unspecified atom stereocenters. The van der Waals surface area contributed by atoms with Crippen LogP contribution in [-0.2, 0) is 0 Å². The molecule has 0 fully saturated rings. The van der Waals surface area contributed by atoms with Gasteiger partial charge in [0.05, 0.1) is 0 Å². The number of aryl methyl sites for hydroxylation is 1. The van der Waals surface area contributed by atoms with Gasteiger partial charge in [-0.1, -0.05) is 6.07 Å². The summed E-state index contributed by atoms with van der Waals surface area (Å²) in [5, 5.41) is 13.4. The zero-order chi connectivity index (χ0) is 9.26. The lowest BCUT2D eigenvalue weighted by molar-refractivity contribution is 0.475. The number of hydrogen-bond donors (Lipinski definition) is 1. The molecule has 1 N–H and O–H groups in total. The van der Waals surface area contributed by atoms with E-state index in [0.717, 1.165) is 5.56 Å². The number of phenols is 1. The van der Waals surface area contributed by atoms with Crippen molar-refractivity contribution in [1.29, 1.82) is 0 Å². The molecule has 0 spiro atoms. The van der Waals surface area contributed by atoms with Gasteiger partial charge in [0, 0.05) is 0 Å². The minimum Gasteiger partial charge on any atom is -0.508 e. The van der Waals surface area contributed by atoms with Crippen LogP contribution >= 0.6 is 11.3 Å². The van der Waals surface area contributed by atoms with Gasteiger partial charge in [0.15, 0.2) is 0 Å². The Kier molecular flexibility index (Phi) is 2.07.